The molecule has 0 aromatic carbocycles. The van der Waals surface area contributed by atoms with Gasteiger partial charge in [-0.3, -0.25) is 4.90 Å². The van der Waals surface area contributed by atoms with E-state index in [0.29, 0.717) is 0 Å². The molecule has 1 saturated heterocycles. The Kier molecular flexibility index (Phi) is 2.75. The zero-order valence-electron chi connectivity index (χ0n) is 9.59. The highest BCUT2D eigenvalue weighted by Gasteiger charge is 2.46. The van der Waals surface area contributed by atoms with E-state index >= 15 is 0 Å². The number of rotatable bonds is 1. The molecule has 78 valence electrons. The highest BCUT2D eigenvalue weighted by molar-refractivity contribution is 5.02. The molecule has 2 heteroatoms. The Bertz CT molecular complexity index is 185. The first kappa shape index (κ1) is 11.0. The summed E-state index contributed by atoms with van der Waals surface area (Å²) in [6, 6.07) is 0. The van der Waals surface area contributed by atoms with E-state index in [0.717, 1.165) is 19.4 Å². The highest BCUT2D eigenvalue weighted by Crippen LogP contribution is 2.37. The number of hydrogen-bond acceptors (Lipinski definition) is 2. The van der Waals surface area contributed by atoms with Crippen molar-refractivity contribution in [1.29, 1.82) is 0 Å². The molecule has 2 unspecified atom stereocenters. The van der Waals surface area contributed by atoms with E-state index in [9.17, 15) is 5.11 Å². The van der Waals surface area contributed by atoms with Crippen LogP contribution < -0.4 is 0 Å². The van der Waals surface area contributed by atoms with Gasteiger partial charge in [0, 0.05) is 17.6 Å². The number of nitrogens with zero attached hydrogens (tertiary/aromatic N) is 1. The second kappa shape index (κ2) is 3.25. The molecule has 0 bridgehead atoms. The Morgan fingerprint density at radius 1 is 1.46 bits per heavy atom. The Balaban J connectivity index is 2.88. The average Bonchev–Trinajstić information content (AvgIpc) is 2.28. The molecule has 2 atom stereocenters. The molecule has 0 aromatic heterocycles. The van der Waals surface area contributed by atoms with E-state index in [1.807, 2.05) is 0 Å². The summed E-state index contributed by atoms with van der Waals surface area (Å²) < 4.78 is 0. The number of hydrogen-bond donors (Lipinski definition) is 1. The van der Waals surface area contributed by atoms with E-state index in [-0.39, 0.29) is 17.2 Å². The third kappa shape index (κ3) is 1.75. The molecule has 0 radical (unpaired) electrons. The largest absolute Gasteiger partial charge is 0.391 e. The minimum Gasteiger partial charge on any atom is -0.391 e. The van der Waals surface area contributed by atoms with Crippen molar-refractivity contribution >= 4 is 0 Å². The third-order valence-corrected chi connectivity index (χ3v) is 3.49. The van der Waals surface area contributed by atoms with Crippen LogP contribution in [-0.2, 0) is 0 Å². The topological polar surface area (TPSA) is 23.5 Å². The van der Waals surface area contributed by atoms with Gasteiger partial charge in [-0.25, -0.2) is 0 Å². The molecule has 2 nitrogen and oxygen atoms in total. The molecule has 1 heterocycles. The summed E-state index contributed by atoms with van der Waals surface area (Å²) in [5.41, 5.74) is 0.153. The standard InChI is InChI=1S/C11H23NO/c1-6-11(5)9(13)7-8-12(11)10(2,3)4/h9,13H,6-8H2,1-5H3. The molecule has 13 heavy (non-hydrogen) atoms. The molecule has 1 fully saturated rings. The molecule has 1 aliphatic rings. The van der Waals surface area contributed by atoms with Gasteiger partial charge in [-0.15, -0.1) is 0 Å². The summed E-state index contributed by atoms with van der Waals surface area (Å²) in [6.07, 6.45) is 1.78. The van der Waals surface area contributed by atoms with Crippen LogP contribution >= 0.6 is 0 Å². The monoisotopic (exact) mass is 185 g/mol. The molecule has 1 rings (SSSR count). The van der Waals surface area contributed by atoms with Crippen molar-refractivity contribution in [2.24, 2.45) is 0 Å². The van der Waals surface area contributed by atoms with Gasteiger partial charge in [0.1, 0.15) is 0 Å². The van der Waals surface area contributed by atoms with E-state index in [1.54, 1.807) is 0 Å². The Labute approximate surface area is 81.9 Å². The van der Waals surface area contributed by atoms with Gasteiger partial charge >= 0.3 is 0 Å². The van der Waals surface area contributed by atoms with Gasteiger partial charge in [0.05, 0.1) is 6.10 Å². The van der Waals surface area contributed by atoms with Gasteiger partial charge in [0.25, 0.3) is 0 Å². The second-order valence-corrected chi connectivity index (χ2v) is 5.34. The zero-order valence-corrected chi connectivity index (χ0v) is 9.59. The summed E-state index contributed by atoms with van der Waals surface area (Å²) >= 11 is 0. The first-order chi connectivity index (χ1) is 5.82. The van der Waals surface area contributed by atoms with Crippen LogP contribution in [0.3, 0.4) is 0 Å². The predicted molar refractivity (Wildman–Crippen MR) is 55.8 cm³/mol. The normalized spacial score (nSPS) is 36.9. The minimum absolute atomic E-state index is 0.0156. The lowest BCUT2D eigenvalue weighted by molar-refractivity contribution is -0.00944. The minimum atomic E-state index is -0.156. The molecule has 0 aliphatic carbocycles. The van der Waals surface area contributed by atoms with Crippen LogP contribution in [0.2, 0.25) is 0 Å². The number of aliphatic hydroxyl groups is 1. The Morgan fingerprint density at radius 2 is 2.00 bits per heavy atom. The maximum absolute atomic E-state index is 9.94. The van der Waals surface area contributed by atoms with Crippen LogP contribution in [0.5, 0.6) is 0 Å². The van der Waals surface area contributed by atoms with Crippen LogP contribution in [0.4, 0.5) is 0 Å². The molecule has 0 aromatic rings. The van der Waals surface area contributed by atoms with Gasteiger partial charge in [-0.1, -0.05) is 6.92 Å². The maximum atomic E-state index is 9.94. The smallest absolute Gasteiger partial charge is 0.0733 e. The molecule has 0 saturated carbocycles. The van der Waals surface area contributed by atoms with Gasteiger partial charge in [0.15, 0.2) is 0 Å². The molecule has 0 amide bonds. The van der Waals surface area contributed by atoms with Gasteiger partial charge in [-0.05, 0) is 40.5 Å². The summed E-state index contributed by atoms with van der Waals surface area (Å²) in [4.78, 5) is 2.44. The first-order valence-corrected chi connectivity index (χ1v) is 5.28. The van der Waals surface area contributed by atoms with E-state index in [2.05, 4.69) is 39.5 Å². The summed E-state index contributed by atoms with van der Waals surface area (Å²) in [7, 11) is 0. The van der Waals surface area contributed by atoms with Crippen LogP contribution in [0.25, 0.3) is 0 Å². The van der Waals surface area contributed by atoms with Gasteiger partial charge in [-0.2, -0.15) is 0 Å². The van der Waals surface area contributed by atoms with Crippen LogP contribution in [0, 0.1) is 0 Å². The summed E-state index contributed by atoms with van der Waals surface area (Å²) in [6.45, 7) is 12.0. The van der Waals surface area contributed by atoms with Gasteiger partial charge in [0.2, 0.25) is 0 Å². The third-order valence-electron chi connectivity index (χ3n) is 3.49. The second-order valence-electron chi connectivity index (χ2n) is 5.34. The van der Waals surface area contributed by atoms with E-state index in [1.165, 1.54) is 0 Å². The molecule has 0 spiro atoms. The first-order valence-electron chi connectivity index (χ1n) is 5.28. The van der Waals surface area contributed by atoms with Crippen molar-refractivity contribution in [2.75, 3.05) is 6.54 Å². The van der Waals surface area contributed by atoms with Crippen molar-refractivity contribution in [3.63, 3.8) is 0 Å². The lowest BCUT2D eigenvalue weighted by Gasteiger charge is -2.45. The van der Waals surface area contributed by atoms with Crippen molar-refractivity contribution in [1.82, 2.24) is 4.90 Å². The van der Waals surface area contributed by atoms with Crippen LogP contribution in [0.1, 0.15) is 47.5 Å². The fraction of sp³-hybridized carbons (Fsp3) is 1.00. The van der Waals surface area contributed by atoms with E-state index in [4.69, 9.17) is 0 Å². The zero-order chi connectivity index (χ0) is 10.3. The lowest BCUT2D eigenvalue weighted by Crippen LogP contribution is -2.55. The lowest BCUT2D eigenvalue weighted by atomic mass is 9.89. The van der Waals surface area contributed by atoms with Crippen LogP contribution in [0.15, 0.2) is 0 Å². The van der Waals surface area contributed by atoms with Crippen LogP contribution in [-0.4, -0.2) is 33.7 Å². The van der Waals surface area contributed by atoms with Crippen molar-refractivity contribution in [2.45, 2.75) is 64.6 Å². The predicted octanol–water partition coefficient (Wildman–Crippen LogP) is 2.02. The quantitative estimate of drug-likeness (QED) is 0.675. The fourth-order valence-corrected chi connectivity index (χ4v) is 2.53. The van der Waals surface area contributed by atoms with Crippen molar-refractivity contribution < 1.29 is 5.11 Å². The van der Waals surface area contributed by atoms with Crippen molar-refractivity contribution in [3.8, 4) is 0 Å². The highest BCUT2D eigenvalue weighted by atomic mass is 16.3. The molecular weight excluding hydrogens is 162 g/mol. The summed E-state index contributed by atoms with van der Waals surface area (Å²) in [5, 5.41) is 9.94. The van der Waals surface area contributed by atoms with Crippen molar-refractivity contribution in [3.05, 3.63) is 0 Å². The Hall–Kier alpha value is -0.0800. The SMILES string of the molecule is CCC1(C)C(O)CCN1C(C)(C)C. The fourth-order valence-electron chi connectivity index (χ4n) is 2.53. The number of likely N-dealkylation sites (tertiary alicyclic amines) is 1. The molecule has 1 N–H and O–H groups in total. The molecule has 1 aliphatic heterocycles. The molecular formula is C11H23NO. The Morgan fingerprint density at radius 3 is 2.31 bits per heavy atom. The van der Waals surface area contributed by atoms with Gasteiger partial charge < -0.3 is 5.11 Å². The number of aliphatic hydroxyl groups excluding tert-OH is 1. The summed E-state index contributed by atoms with van der Waals surface area (Å²) in [5.74, 6) is 0. The van der Waals surface area contributed by atoms with E-state index < -0.39 is 0 Å². The maximum Gasteiger partial charge on any atom is 0.0733 e. The average molecular weight is 185 g/mol.